The molecule has 2 amide bonds. The lowest BCUT2D eigenvalue weighted by Crippen LogP contribution is -2.40. The number of anilines is 1. The Kier molecular flexibility index (Phi) is 8.06. The van der Waals surface area contributed by atoms with Crippen molar-refractivity contribution in [1.82, 2.24) is 10.6 Å². The number of carbonyl (C=O) groups is 2. The molecule has 1 aliphatic rings. The van der Waals surface area contributed by atoms with Crippen LogP contribution < -0.4 is 16.0 Å². The van der Waals surface area contributed by atoms with Crippen molar-refractivity contribution in [2.75, 3.05) is 18.4 Å². The molecule has 6 heteroatoms. The SMILES string of the molecule is CC(C)C(=O)Nc1ccc(CNC(=O)[C@@H]2CCCNC2)cc1.Cl. The van der Waals surface area contributed by atoms with Gasteiger partial charge in [0.1, 0.15) is 0 Å². The van der Waals surface area contributed by atoms with Crippen LogP contribution in [-0.2, 0) is 16.1 Å². The molecule has 1 atom stereocenters. The second-order valence-corrected chi connectivity index (χ2v) is 6.10. The molecule has 2 rings (SSSR count). The van der Waals surface area contributed by atoms with E-state index in [1.165, 1.54) is 0 Å². The summed E-state index contributed by atoms with van der Waals surface area (Å²) in [6, 6.07) is 7.58. The summed E-state index contributed by atoms with van der Waals surface area (Å²) in [7, 11) is 0. The Morgan fingerprint density at radius 3 is 2.52 bits per heavy atom. The number of benzene rings is 1. The van der Waals surface area contributed by atoms with Crippen LogP contribution in [0.3, 0.4) is 0 Å². The number of hydrogen-bond donors (Lipinski definition) is 3. The van der Waals surface area contributed by atoms with Gasteiger partial charge in [-0.2, -0.15) is 0 Å². The van der Waals surface area contributed by atoms with Gasteiger partial charge in [0.15, 0.2) is 0 Å². The maximum atomic E-state index is 12.1. The van der Waals surface area contributed by atoms with Crippen LogP contribution in [0, 0.1) is 11.8 Å². The molecule has 0 aliphatic carbocycles. The number of amides is 2. The summed E-state index contributed by atoms with van der Waals surface area (Å²) in [6.45, 7) is 6.02. The molecule has 23 heavy (non-hydrogen) atoms. The van der Waals surface area contributed by atoms with Crippen LogP contribution in [0.5, 0.6) is 0 Å². The highest BCUT2D eigenvalue weighted by molar-refractivity contribution is 5.92. The smallest absolute Gasteiger partial charge is 0.226 e. The Morgan fingerprint density at radius 2 is 1.96 bits per heavy atom. The van der Waals surface area contributed by atoms with Crippen LogP contribution in [0.4, 0.5) is 5.69 Å². The molecule has 0 bridgehead atoms. The minimum absolute atomic E-state index is 0. The molecule has 0 saturated carbocycles. The number of nitrogens with one attached hydrogen (secondary N) is 3. The Bertz CT molecular complexity index is 511. The summed E-state index contributed by atoms with van der Waals surface area (Å²) >= 11 is 0. The molecule has 1 aromatic rings. The summed E-state index contributed by atoms with van der Waals surface area (Å²) in [5, 5.41) is 9.08. The summed E-state index contributed by atoms with van der Waals surface area (Å²) in [5.41, 5.74) is 1.81. The fourth-order valence-corrected chi connectivity index (χ4v) is 2.40. The van der Waals surface area contributed by atoms with E-state index in [1.54, 1.807) is 0 Å². The van der Waals surface area contributed by atoms with Crippen molar-refractivity contribution in [3.63, 3.8) is 0 Å². The first-order chi connectivity index (χ1) is 10.6. The third kappa shape index (κ3) is 6.20. The monoisotopic (exact) mass is 339 g/mol. The van der Waals surface area contributed by atoms with Crippen LogP contribution in [0.25, 0.3) is 0 Å². The lowest BCUT2D eigenvalue weighted by Gasteiger charge is -2.21. The average molecular weight is 340 g/mol. The zero-order valence-corrected chi connectivity index (χ0v) is 14.5. The Balaban J connectivity index is 0.00000264. The molecule has 1 aliphatic heterocycles. The van der Waals surface area contributed by atoms with E-state index < -0.39 is 0 Å². The zero-order valence-electron chi connectivity index (χ0n) is 13.7. The van der Waals surface area contributed by atoms with E-state index >= 15 is 0 Å². The van der Waals surface area contributed by atoms with Crippen LogP contribution in [0.15, 0.2) is 24.3 Å². The minimum atomic E-state index is -0.0388. The van der Waals surface area contributed by atoms with Gasteiger partial charge in [-0.15, -0.1) is 12.4 Å². The molecule has 0 aromatic heterocycles. The predicted octanol–water partition coefficient (Wildman–Crippen LogP) is 2.32. The fraction of sp³-hybridized carbons (Fsp3) is 0.529. The lowest BCUT2D eigenvalue weighted by atomic mass is 9.99. The van der Waals surface area contributed by atoms with Crippen molar-refractivity contribution in [2.24, 2.45) is 11.8 Å². The maximum absolute atomic E-state index is 12.1. The largest absolute Gasteiger partial charge is 0.352 e. The molecule has 5 nitrogen and oxygen atoms in total. The van der Waals surface area contributed by atoms with Crippen molar-refractivity contribution < 1.29 is 9.59 Å². The molecule has 128 valence electrons. The predicted molar refractivity (Wildman–Crippen MR) is 94.6 cm³/mol. The van der Waals surface area contributed by atoms with Gasteiger partial charge >= 0.3 is 0 Å². The van der Waals surface area contributed by atoms with Crippen molar-refractivity contribution >= 4 is 29.9 Å². The Labute approximate surface area is 144 Å². The van der Waals surface area contributed by atoms with Gasteiger partial charge in [-0.05, 0) is 37.1 Å². The molecule has 0 unspecified atom stereocenters. The highest BCUT2D eigenvalue weighted by atomic mass is 35.5. The van der Waals surface area contributed by atoms with Crippen molar-refractivity contribution in [1.29, 1.82) is 0 Å². The van der Waals surface area contributed by atoms with Crippen LogP contribution >= 0.6 is 12.4 Å². The Morgan fingerprint density at radius 1 is 1.26 bits per heavy atom. The molecule has 0 radical (unpaired) electrons. The lowest BCUT2D eigenvalue weighted by molar-refractivity contribution is -0.125. The highest BCUT2D eigenvalue weighted by Gasteiger charge is 2.20. The normalized spacial score (nSPS) is 17.3. The molecule has 1 saturated heterocycles. The van der Waals surface area contributed by atoms with Gasteiger partial charge in [-0.25, -0.2) is 0 Å². The molecule has 1 heterocycles. The standard InChI is InChI=1S/C17H25N3O2.ClH/c1-12(2)16(21)20-15-7-5-13(6-8-15)10-19-17(22)14-4-3-9-18-11-14;/h5-8,12,14,18H,3-4,9-11H2,1-2H3,(H,19,22)(H,20,21);1H/t14-;/m1./s1. The number of rotatable bonds is 5. The third-order valence-electron chi connectivity index (χ3n) is 3.88. The van der Waals surface area contributed by atoms with Gasteiger partial charge in [0, 0.05) is 24.7 Å². The number of hydrogen-bond acceptors (Lipinski definition) is 3. The van der Waals surface area contributed by atoms with E-state index in [9.17, 15) is 9.59 Å². The van der Waals surface area contributed by atoms with Crippen molar-refractivity contribution in [3.05, 3.63) is 29.8 Å². The molecule has 1 aromatic carbocycles. The second kappa shape index (κ2) is 9.53. The number of halogens is 1. The fourth-order valence-electron chi connectivity index (χ4n) is 2.40. The summed E-state index contributed by atoms with van der Waals surface area (Å²) in [4.78, 5) is 23.7. The van der Waals surface area contributed by atoms with E-state index in [4.69, 9.17) is 0 Å². The first kappa shape index (κ1) is 19.5. The summed E-state index contributed by atoms with van der Waals surface area (Å²) in [6.07, 6.45) is 2.02. The Hall–Kier alpha value is -1.59. The van der Waals surface area contributed by atoms with Gasteiger partial charge in [0.25, 0.3) is 0 Å². The van der Waals surface area contributed by atoms with Gasteiger partial charge in [0.2, 0.25) is 11.8 Å². The van der Waals surface area contributed by atoms with Crippen LogP contribution in [-0.4, -0.2) is 24.9 Å². The first-order valence-electron chi connectivity index (χ1n) is 7.94. The van der Waals surface area contributed by atoms with Crippen LogP contribution in [0.1, 0.15) is 32.3 Å². The molecular weight excluding hydrogens is 314 g/mol. The van der Waals surface area contributed by atoms with E-state index in [1.807, 2.05) is 38.1 Å². The van der Waals surface area contributed by atoms with Gasteiger partial charge < -0.3 is 16.0 Å². The van der Waals surface area contributed by atoms with Gasteiger partial charge in [-0.3, -0.25) is 9.59 Å². The second-order valence-electron chi connectivity index (χ2n) is 6.10. The summed E-state index contributed by atoms with van der Waals surface area (Å²) < 4.78 is 0. The minimum Gasteiger partial charge on any atom is -0.352 e. The van der Waals surface area contributed by atoms with E-state index in [-0.39, 0.29) is 36.1 Å². The molecule has 1 fully saturated rings. The third-order valence-corrected chi connectivity index (χ3v) is 3.88. The van der Waals surface area contributed by atoms with E-state index in [0.29, 0.717) is 6.54 Å². The van der Waals surface area contributed by atoms with Crippen LogP contribution in [0.2, 0.25) is 0 Å². The van der Waals surface area contributed by atoms with Gasteiger partial charge in [0.05, 0.1) is 5.92 Å². The first-order valence-corrected chi connectivity index (χ1v) is 7.94. The van der Waals surface area contributed by atoms with E-state index in [2.05, 4.69) is 16.0 Å². The number of carbonyl (C=O) groups excluding carboxylic acids is 2. The van der Waals surface area contributed by atoms with Crippen molar-refractivity contribution in [2.45, 2.75) is 33.2 Å². The highest BCUT2D eigenvalue weighted by Crippen LogP contribution is 2.12. The topological polar surface area (TPSA) is 70.2 Å². The molecule has 0 spiro atoms. The molecular formula is C17H26ClN3O2. The quantitative estimate of drug-likeness (QED) is 0.771. The van der Waals surface area contributed by atoms with E-state index in [0.717, 1.165) is 37.2 Å². The average Bonchev–Trinajstić information content (AvgIpc) is 2.54. The number of piperidine rings is 1. The van der Waals surface area contributed by atoms with Crippen molar-refractivity contribution in [3.8, 4) is 0 Å². The maximum Gasteiger partial charge on any atom is 0.226 e. The zero-order chi connectivity index (χ0) is 15.9. The molecule has 3 N–H and O–H groups in total. The van der Waals surface area contributed by atoms with Gasteiger partial charge in [-0.1, -0.05) is 26.0 Å². The summed E-state index contributed by atoms with van der Waals surface area (Å²) in [5.74, 6) is 0.164.